The molecular formula is C19H25ClN4O3. The average molecular weight is 393 g/mol. The molecular weight excluding hydrogens is 368 g/mol. The van der Waals surface area contributed by atoms with E-state index >= 15 is 0 Å². The summed E-state index contributed by atoms with van der Waals surface area (Å²) >= 11 is 5.88. The third kappa shape index (κ3) is 5.76. The molecule has 0 bridgehead atoms. The van der Waals surface area contributed by atoms with E-state index in [0.717, 1.165) is 37.9 Å². The lowest BCUT2D eigenvalue weighted by atomic mass is 10.1. The molecule has 0 atom stereocenters. The second-order valence-electron chi connectivity index (χ2n) is 6.61. The lowest BCUT2D eigenvalue weighted by Gasteiger charge is -2.32. The number of carbonyl (C=O) groups is 1. The molecule has 1 aliphatic rings. The Bertz CT molecular complexity index is 727. The molecule has 8 heteroatoms. The summed E-state index contributed by atoms with van der Waals surface area (Å²) in [5.41, 5.74) is 6.30. The third-order valence-corrected chi connectivity index (χ3v) is 4.87. The van der Waals surface area contributed by atoms with Gasteiger partial charge in [0.15, 0.2) is 0 Å². The van der Waals surface area contributed by atoms with Gasteiger partial charge in [0.25, 0.3) is 0 Å². The van der Waals surface area contributed by atoms with Gasteiger partial charge in [0, 0.05) is 43.1 Å². The highest BCUT2D eigenvalue weighted by Gasteiger charge is 2.23. The lowest BCUT2D eigenvalue weighted by Crippen LogP contribution is -2.41. The number of piperidine rings is 1. The number of nitrogens with two attached hydrogens (primary N) is 1. The first kappa shape index (κ1) is 19.8. The highest BCUT2D eigenvalue weighted by atomic mass is 35.5. The number of ether oxygens (including phenoxy) is 1. The van der Waals surface area contributed by atoms with E-state index in [1.807, 2.05) is 17.0 Å². The van der Waals surface area contributed by atoms with E-state index in [0.29, 0.717) is 42.7 Å². The van der Waals surface area contributed by atoms with Crippen LogP contribution in [0.5, 0.6) is 0 Å². The smallest absolute Gasteiger partial charge is 0.227 e. The number of nitrogens with zero attached hydrogens (tertiary/aromatic N) is 3. The van der Waals surface area contributed by atoms with Gasteiger partial charge in [-0.25, -0.2) is 0 Å². The maximum Gasteiger partial charge on any atom is 0.227 e. The van der Waals surface area contributed by atoms with Crippen LogP contribution in [0.4, 0.5) is 0 Å². The molecule has 1 saturated heterocycles. The first-order valence-corrected chi connectivity index (χ1v) is 9.71. The zero-order valence-corrected chi connectivity index (χ0v) is 16.0. The molecule has 146 valence electrons. The van der Waals surface area contributed by atoms with Gasteiger partial charge in [-0.05, 0) is 50.1 Å². The van der Waals surface area contributed by atoms with Crippen molar-refractivity contribution in [2.75, 3.05) is 26.2 Å². The molecule has 1 aromatic carbocycles. The highest BCUT2D eigenvalue weighted by molar-refractivity contribution is 6.30. The normalized spacial score (nSPS) is 15.3. The van der Waals surface area contributed by atoms with Crippen molar-refractivity contribution in [3.63, 3.8) is 0 Å². The molecule has 2 N–H and O–H groups in total. The van der Waals surface area contributed by atoms with E-state index in [4.69, 9.17) is 26.6 Å². The number of likely N-dealkylation sites (tertiary alicyclic amines) is 1. The summed E-state index contributed by atoms with van der Waals surface area (Å²) in [5, 5.41) is 4.63. The number of amides is 1. The van der Waals surface area contributed by atoms with E-state index in [1.54, 1.807) is 12.1 Å². The van der Waals surface area contributed by atoms with Crippen molar-refractivity contribution in [2.45, 2.75) is 38.2 Å². The topological polar surface area (TPSA) is 94.5 Å². The number of carbonyl (C=O) groups excluding carboxylic acids is 1. The van der Waals surface area contributed by atoms with Crippen molar-refractivity contribution < 1.29 is 14.1 Å². The molecule has 3 rings (SSSR count). The largest absolute Gasteiger partial charge is 0.378 e. The van der Waals surface area contributed by atoms with Crippen molar-refractivity contribution in [3.8, 4) is 11.4 Å². The van der Waals surface area contributed by atoms with Crippen LogP contribution in [0.25, 0.3) is 11.4 Å². The zero-order chi connectivity index (χ0) is 19.1. The molecule has 1 amide bonds. The summed E-state index contributed by atoms with van der Waals surface area (Å²) in [6.45, 7) is 2.80. The van der Waals surface area contributed by atoms with Gasteiger partial charge < -0.3 is 19.9 Å². The van der Waals surface area contributed by atoms with E-state index in [9.17, 15) is 4.79 Å². The fourth-order valence-electron chi connectivity index (χ4n) is 3.05. The number of aryl methyl sites for hydroxylation is 1. The molecule has 1 aliphatic heterocycles. The molecule has 1 fully saturated rings. The number of benzene rings is 1. The predicted molar refractivity (Wildman–Crippen MR) is 102 cm³/mol. The van der Waals surface area contributed by atoms with Crippen molar-refractivity contribution in [1.29, 1.82) is 0 Å². The second kappa shape index (κ2) is 9.82. The molecule has 0 spiro atoms. The van der Waals surface area contributed by atoms with Gasteiger partial charge in [0.1, 0.15) is 0 Å². The van der Waals surface area contributed by atoms with Gasteiger partial charge in [-0.1, -0.05) is 16.8 Å². The van der Waals surface area contributed by atoms with Crippen LogP contribution in [-0.4, -0.2) is 53.3 Å². The van der Waals surface area contributed by atoms with E-state index in [1.165, 1.54) is 0 Å². The predicted octanol–water partition coefficient (Wildman–Crippen LogP) is 2.68. The Hall–Kier alpha value is -1.96. The van der Waals surface area contributed by atoms with Gasteiger partial charge in [-0.15, -0.1) is 0 Å². The quantitative estimate of drug-likeness (QED) is 0.694. The van der Waals surface area contributed by atoms with E-state index in [2.05, 4.69) is 10.1 Å². The summed E-state index contributed by atoms with van der Waals surface area (Å²) in [6, 6.07) is 7.23. The van der Waals surface area contributed by atoms with Gasteiger partial charge in [-0.3, -0.25) is 4.79 Å². The summed E-state index contributed by atoms with van der Waals surface area (Å²) in [5.74, 6) is 1.08. The summed E-state index contributed by atoms with van der Waals surface area (Å²) in [4.78, 5) is 18.7. The Morgan fingerprint density at radius 3 is 2.74 bits per heavy atom. The van der Waals surface area contributed by atoms with Crippen molar-refractivity contribution >= 4 is 17.5 Å². The summed E-state index contributed by atoms with van der Waals surface area (Å²) in [7, 11) is 0. The van der Waals surface area contributed by atoms with Gasteiger partial charge in [0.2, 0.25) is 17.6 Å². The maximum absolute atomic E-state index is 12.4. The molecule has 2 aromatic rings. The maximum atomic E-state index is 12.4. The second-order valence-corrected chi connectivity index (χ2v) is 7.05. The Balaban J connectivity index is 1.43. The van der Waals surface area contributed by atoms with Gasteiger partial charge in [-0.2, -0.15) is 4.98 Å². The van der Waals surface area contributed by atoms with Crippen molar-refractivity contribution in [2.24, 2.45) is 5.73 Å². The molecule has 1 aromatic heterocycles. The van der Waals surface area contributed by atoms with Crippen LogP contribution in [-0.2, 0) is 16.0 Å². The van der Waals surface area contributed by atoms with Gasteiger partial charge >= 0.3 is 0 Å². The monoisotopic (exact) mass is 392 g/mol. The number of hydrogen-bond donors (Lipinski definition) is 1. The fraction of sp³-hybridized carbons (Fsp3) is 0.526. The molecule has 2 heterocycles. The molecule has 0 saturated carbocycles. The SMILES string of the molecule is NCCCOC1CCN(C(=O)CCc2nc(-c3ccc(Cl)cc3)no2)CC1. The van der Waals surface area contributed by atoms with Crippen LogP contribution in [0.2, 0.25) is 5.02 Å². The lowest BCUT2D eigenvalue weighted by molar-refractivity contribution is -0.133. The minimum atomic E-state index is 0.113. The average Bonchev–Trinajstić information content (AvgIpc) is 3.16. The number of aromatic nitrogens is 2. The van der Waals surface area contributed by atoms with Gasteiger partial charge in [0.05, 0.1) is 6.10 Å². The standard InChI is InChI=1S/C19H25ClN4O3/c20-15-4-2-14(3-5-15)19-22-17(27-23-19)6-7-18(25)24-11-8-16(9-12-24)26-13-1-10-21/h2-5,16H,1,6-13,21H2. The number of hydrogen-bond acceptors (Lipinski definition) is 6. The molecule has 0 radical (unpaired) electrons. The minimum Gasteiger partial charge on any atom is -0.378 e. The van der Waals surface area contributed by atoms with Crippen LogP contribution in [0, 0.1) is 0 Å². The Morgan fingerprint density at radius 1 is 1.30 bits per heavy atom. The minimum absolute atomic E-state index is 0.113. The third-order valence-electron chi connectivity index (χ3n) is 4.62. The Kier molecular flexibility index (Phi) is 7.20. The Labute approximate surface area is 163 Å². The molecule has 0 aliphatic carbocycles. The van der Waals surface area contributed by atoms with E-state index < -0.39 is 0 Å². The highest BCUT2D eigenvalue weighted by Crippen LogP contribution is 2.19. The molecule has 0 unspecified atom stereocenters. The number of halogens is 1. The fourth-order valence-corrected chi connectivity index (χ4v) is 3.18. The van der Waals surface area contributed by atoms with Crippen LogP contribution in [0.3, 0.4) is 0 Å². The first-order chi connectivity index (χ1) is 13.2. The zero-order valence-electron chi connectivity index (χ0n) is 15.3. The molecule has 7 nitrogen and oxygen atoms in total. The summed E-state index contributed by atoms with van der Waals surface area (Å²) < 4.78 is 11.0. The van der Waals surface area contributed by atoms with Crippen LogP contribution in [0.1, 0.15) is 31.6 Å². The number of rotatable bonds is 8. The van der Waals surface area contributed by atoms with Crippen LogP contribution < -0.4 is 5.73 Å². The van der Waals surface area contributed by atoms with E-state index in [-0.39, 0.29) is 12.0 Å². The first-order valence-electron chi connectivity index (χ1n) is 9.33. The van der Waals surface area contributed by atoms with Crippen LogP contribution >= 0.6 is 11.6 Å². The Morgan fingerprint density at radius 2 is 2.04 bits per heavy atom. The van der Waals surface area contributed by atoms with Crippen molar-refractivity contribution in [1.82, 2.24) is 15.0 Å². The molecule has 27 heavy (non-hydrogen) atoms. The van der Waals surface area contributed by atoms with Crippen LogP contribution in [0.15, 0.2) is 28.8 Å². The summed E-state index contributed by atoms with van der Waals surface area (Å²) in [6.07, 6.45) is 3.66. The van der Waals surface area contributed by atoms with Crippen molar-refractivity contribution in [3.05, 3.63) is 35.2 Å².